The maximum absolute atomic E-state index is 12.9. The summed E-state index contributed by atoms with van der Waals surface area (Å²) in [4.78, 5) is 20.6. The van der Waals surface area contributed by atoms with E-state index in [2.05, 4.69) is 11.0 Å². The normalized spacial score (nSPS) is 15.3. The molecule has 1 aliphatic heterocycles. The molecule has 0 unspecified atom stereocenters. The third-order valence-electron chi connectivity index (χ3n) is 4.93. The predicted octanol–water partition coefficient (Wildman–Crippen LogP) is 3.16. The summed E-state index contributed by atoms with van der Waals surface area (Å²) in [5, 5.41) is 10.1. The number of hydrogen-bond acceptors (Lipinski definition) is 6. The SMILES string of the molecule is N#Cc1c(=O)c2ccc(N3CCCOCC3)nc2n2c1sc1ccccc12. The summed E-state index contributed by atoms with van der Waals surface area (Å²) in [6.45, 7) is 3.08. The highest BCUT2D eigenvalue weighted by Gasteiger charge is 2.19. The highest BCUT2D eigenvalue weighted by Crippen LogP contribution is 2.31. The zero-order chi connectivity index (χ0) is 18.4. The molecule has 0 aliphatic carbocycles. The molecule has 134 valence electrons. The topological polar surface area (TPSA) is 70.6 Å². The van der Waals surface area contributed by atoms with Gasteiger partial charge in [-0.3, -0.25) is 9.20 Å². The quantitative estimate of drug-likeness (QED) is 0.510. The van der Waals surface area contributed by atoms with Gasteiger partial charge < -0.3 is 9.64 Å². The van der Waals surface area contributed by atoms with Crippen molar-refractivity contribution in [2.45, 2.75) is 6.42 Å². The third-order valence-corrected chi connectivity index (χ3v) is 6.08. The monoisotopic (exact) mass is 376 g/mol. The number of rotatable bonds is 1. The molecule has 0 spiro atoms. The van der Waals surface area contributed by atoms with Crippen LogP contribution in [0, 0.1) is 11.3 Å². The van der Waals surface area contributed by atoms with E-state index in [-0.39, 0.29) is 11.0 Å². The molecule has 1 aromatic carbocycles. The molecule has 5 rings (SSSR count). The first-order chi connectivity index (χ1) is 13.3. The van der Waals surface area contributed by atoms with Crippen molar-refractivity contribution in [3.05, 3.63) is 52.2 Å². The van der Waals surface area contributed by atoms with Crippen molar-refractivity contribution in [2.75, 3.05) is 31.2 Å². The van der Waals surface area contributed by atoms with Gasteiger partial charge >= 0.3 is 0 Å². The van der Waals surface area contributed by atoms with Crippen LogP contribution in [0.1, 0.15) is 12.0 Å². The molecule has 0 N–H and O–H groups in total. The second-order valence-electron chi connectivity index (χ2n) is 6.52. The Morgan fingerprint density at radius 2 is 2.04 bits per heavy atom. The number of aromatic nitrogens is 2. The van der Waals surface area contributed by atoms with Crippen LogP contribution in [0.4, 0.5) is 5.82 Å². The van der Waals surface area contributed by atoms with Crippen molar-refractivity contribution in [2.24, 2.45) is 0 Å². The van der Waals surface area contributed by atoms with E-state index in [4.69, 9.17) is 9.72 Å². The molecule has 1 fully saturated rings. The van der Waals surface area contributed by atoms with Crippen LogP contribution < -0.4 is 10.3 Å². The Bertz CT molecular complexity index is 1280. The number of benzene rings is 1. The Balaban J connectivity index is 1.87. The average molecular weight is 376 g/mol. The summed E-state index contributed by atoms with van der Waals surface area (Å²) in [5.74, 6) is 0.834. The minimum Gasteiger partial charge on any atom is -0.380 e. The lowest BCUT2D eigenvalue weighted by Crippen LogP contribution is -2.27. The molecule has 0 radical (unpaired) electrons. The van der Waals surface area contributed by atoms with Gasteiger partial charge in [-0.1, -0.05) is 12.1 Å². The molecule has 1 saturated heterocycles. The summed E-state index contributed by atoms with van der Waals surface area (Å²) in [6, 6.07) is 13.7. The molecular formula is C20H16N4O2S. The van der Waals surface area contributed by atoms with Crippen LogP contribution in [0.15, 0.2) is 41.2 Å². The van der Waals surface area contributed by atoms with Gasteiger partial charge in [0, 0.05) is 19.7 Å². The summed E-state index contributed by atoms with van der Waals surface area (Å²) in [6.07, 6.45) is 0.948. The minimum absolute atomic E-state index is 0.182. The number of thiazole rings is 1. The van der Waals surface area contributed by atoms with E-state index in [1.807, 2.05) is 34.7 Å². The molecule has 0 saturated carbocycles. The Hall–Kier alpha value is -2.95. The number of anilines is 1. The first kappa shape index (κ1) is 16.2. The molecule has 6 nitrogen and oxygen atoms in total. The highest BCUT2D eigenvalue weighted by atomic mass is 32.1. The average Bonchev–Trinajstić information content (AvgIpc) is 2.88. The highest BCUT2D eigenvalue weighted by molar-refractivity contribution is 7.24. The van der Waals surface area contributed by atoms with E-state index in [9.17, 15) is 10.1 Å². The fraction of sp³-hybridized carbons (Fsp3) is 0.250. The lowest BCUT2D eigenvalue weighted by molar-refractivity contribution is 0.152. The van der Waals surface area contributed by atoms with E-state index in [0.717, 1.165) is 42.2 Å². The van der Waals surface area contributed by atoms with Gasteiger partial charge in [0.25, 0.3) is 0 Å². The molecule has 3 aromatic heterocycles. The van der Waals surface area contributed by atoms with Gasteiger partial charge in [-0.15, -0.1) is 11.3 Å². The number of ether oxygens (including phenoxy) is 1. The summed E-state index contributed by atoms with van der Waals surface area (Å²) >= 11 is 1.45. The van der Waals surface area contributed by atoms with E-state index in [1.165, 1.54) is 11.3 Å². The van der Waals surface area contributed by atoms with Crippen molar-refractivity contribution in [1.29, 1.82) is 5.26 Å². The fourth-order valence-corrected chi connectivity index (χ4v) is 4.76. The van der Waals surface area contributed by atoms with Crippen LogP contribution in [0.3, 0.4) is 0 Å². The molecule has 27 heavy (non-hydrogen) atoms. The molecular weight excluding hydrogens is 360 g/mol. The first-order valence-corrected chi connectivity index (χ1v) is 9.69. The van der Waals surface area contributed by atoms with Crippen LogP contribution in [0.5, 0.6) is 0 Å². The molecule has 4 heterocycles. The summed E-state index contributed by atoms with van der Waals surface area (Å²) < 4.78 is 8.52. The van der Waals surface area contributed by atoms with E-state index >= 15 is 0 Å². The Kier molecular flexibility index (Phi) is 3.81. The number of nitrogens with zero attached hydrogens (tertiary/aromatic N) is 4. The maximum atomic E-state index is 12.9. The lowest BCUT2D eigenvalue weighted by atomic mass is 10.2. The molecule has 7 heteroatoms. The van der Waals surface area contributed by atoms with Crippen molar-refractivity contribution in [3.63, 3.8) is 0 Å². The van der Waals surface area contributed by atoms with Gasteiger partial charge in [0.1, 0.15) is 22.3 Å². The summed E-state index contributed by atoms with van der Waals surface area (Å²) in [5.41, 5.74) is 1.50. The number of fused-ring (bicyclic) bond motifs is 5. The second kappa shape index (κ2) is 6.34. The second-order valence-corrected chi connectivity index (χ2v) is 7.55. The molecule has 0 amide bonds. The van der Waals surface area contributed by atoms with Gasteiger partial charge in [-0.2, -0.15) is 5.26 Å². The zero-order valence-corrected chi connectivity index (χ0v) is 15.3. The van der Waals surface area contributed by atoms with Crippen LogP contribution >= 0.6 is 11.3 Å². The fourth-order valence-electron chi connectivity index (χ4n) is 3.63. The first-order valence-electron chi connectivity index (χ1n) is 8.88. The zero-order valence-electron chi connectivity index (χ0n) is 14.5. The minimum atomic E-state index is -0.252. The van der Waals surface area contributed by atoms with Gasteiger partial charge in [0.05, 0.1) is 22.2 Å². The lowest BCUT2D eigenvalue weighted by Gasteiger charge is -2.21. The van der Waals surface area contributed by atoms with Crippen LogP contribution in [0.25, 0.3) is 26.1 Å². The largest absolute Gasteiger partial charge is 0.380 e. The van der Waals surface area contributed by atoms with E-state index in [0.29, 0.717) is 22.5 Å². The van der Waals surface area contributed by atoms with Gasteiger partial charge in [0.15, 0.2) is 5.65 Å². The number of para-hydroxylation sites is 1. The Labute approximate surface area is 158 Å². The van der Waals surface area contributed by atoms with Crippen LogP contribution in [0.2, 0.25) is 0 Å². The Morgan fingerprint density at radius 3 is 2.93 bits per heavy atom. The molecule has 0 bridgehead atoms. The van der Waals surface area contributed by atoms with Crippen molar-refractivity contribution in [1.82, 2.24) is 9.38 Å². The standard InChI is InChI=1S/C20H16N4O2S/c21-12-14-18(25)13-6-7-17(23-8-3-10-26-11-9-23)22-19(13)24-15-4-1-2-5-16(15)27-20(14)24/h1-2,4-7H,3,8-11H2. The molecule has 0 atom stereocenters. The van der Waals surface area contributed by atoms with Crippen molar-refractivity contribution in [3.8, 4) is 6.07 Å². The van der Waals surface area contributed by atoms with Crippen molar-refractivity contribution < 1.29 is 4.74 Å². The van der Waals surface area contributed by atoms with Gasteiger partial charge in [-0.05, 0) is 30.7 Å². The smallest absolute Gasteiger partial charge is 0.210 e. The number of pyridine rings is 2. The maximum Gasteiger partial charge on any atom is 0.210 e. The van der Waals surface area contributed by atoms with Crippen molar-refractivity contribution >= 4 is 43.2 Å². The number of hydrogen-bond donors (Lipinski definition) is 0. The van der Waals surface area contributed by atoms with Gasteiger partial charge in [-0.25, -0.2) is 4.98 Å². The van der Waals surface area contributed by atoms with Crippen LogP contribution in [-0.2, 0) is 4.74 Å². The molecule has 1 aliphatic rings. The number of nitriles is 1. The van der Waals surface area contributed by atoms with E-state index in [1.54, 1.807) is 6.07 Å². The van der Waals surface area contributed by atoms with Gasteiger partial charge in [0.2, 0.25) is 5.43 Å². The van der Waals surface area contributed by atoms with E-state index < -0.39 is 0 Å². The molecule has 4 aromatic rings. The van der Waals surface area contributed by atoms with Crippen LogP contribution in [-0.4, -0.2) is 35.7 Å². The predicted molar refractivity (Wildman–Crippen MR) is 107 cm³/mol. The third kappa shape index (κ3) is 2.49. The Morgan fingerprint density at radius 1 is 1.15 bits per heavy atom. The summed E-state index contributed by atoms with van der Waals surface area (Å²) in [7, 11) is 0.